The molecule has 0 saturated carbocycles. The molecule has 0 saturated heterocycles. The minimum absolute atomic E-state index is 0.144. The molecule has 0 radical (unpaired) electrons. The van der Waals surface area contributed by atoms with Gasteiger partial charge in [0.05, 0.1) is 6.04 Å². The molecule has 2 aromatic rings. The Kier molecular flexibility index (Phi) is 5.02. The number of nitrogens with two attached hydrogens (primary N) is 1. The van der Waals surface area contributed by atoms with Crippen LogP contribution in [0.25, 0.3) is 0 Å². The topological polar surface area (TPSA) is 38.0 Å². The summed E-state index contributed by atoms with van der Waals surface area (Å²) in [5, 5.41) is 0. The van der Waals surface area contributed by atoms with Crippen LogP contribution in [0.3, 0.4) is 0 Å². The minimum atomic E-state index is 0.144. The Morgan fingerprint density at radius 3 is 2.63 bits per heavy atom. The summed E-state index contributed by atoms with van der Waals surface area (Å²) in [5.41, 5.74) is 6.80. The maximum Gasteiger partial charge on any atom is 0.0511 e. The SMILES string of the molecule is CSc1ccccc1C(Cc1cccc(C)c1)NN. The van der Waals surface area contributed by atoms with Gasteiger partial charge < -0.3 is 0 Å². The smallest absolute Gasteiger partial charge is 0.0511 e. The van der Waals surface area contributed by atoms with Crippen molar-refractivity contribution in [2.45, 2.75) is 24.3 Å². The monoisotopic (exact) mass is 272 g/mol. The highest BCUT2D eigenvalue weighted by atomic mass is 32.2. The van der Waals surface area contributed by atoms with Crippen molar-refractivity contribution in [3.63, 3.8) is 0 Å². The van der Waals surface area contributed by atoms with Gasteiger partial charge in [0.25, 0.3) is 0 Å². The fourth-order valence-electron chi connectivity index (χ4n) is 2.29. The minimum Gasteiger partial charge on any atom is -0.271 e. The highest BCUT2D eigenvalue weighted by Crippen LogP contribution is 2.27. The van der Waals surface area contributed by atoms with Crippen molar-refractivity contribution in [2.24, 2.45) is 5.84 Å². The Morgan fingerprint density at radius 1 is 1.16 bits per heavy atom. The average molecular weight is 272 g/mol. The molecule has 1 unspecified atom stereocenters. The third-order valence-electron chi connectivity index (χ3n) is 3.24. The lowest BCUT2D eigenvalue weighted by Crippen LogP contribution is -2.30. The lowest BCUT2D eigenvalue weighted by Gasteiger charge is -2.19. The number of hydrogen-bond acceptors (Lipinski definition) is 3. The first-order valence-corrected chi connectivity index (χ1v) is 7.61. The van der Waals surface area contributed by atoms with E-state index in [1.165, 1.54) is 21.6 Å². The zero-order valence-corrected chi connectivity index (χ0v) is 12.2. The van der Waals surface area contributed by atoms with Crippen LogP contribution in [0.5, 0.6) is 0 Å². The van der Waals surface area contributed by atoms with E-state index in [2.05, 4.69) is 67.1 Å². The van der Waals surface area contributed by atoms with Gasteiger partial charge in [-0.25, -0.2) is 0 Å². The van der Waals surface area contributed by atoms with E-state index < -0.39 is 0 Å². The molecule has 0 aliphatic heterocycles. The molecule has 3 heteroatoms. The van der Waals surface area contributed by atoms with Gasteiger partial charge in [-0.15, -0.1) is 11.8 Å². The fraction of sp³-hybridized carbons (Fsp3) is 0.250. The maximum absolute atomic E-state index is 5.76. The van der Waals surface area contributed by atoms with Crippen molar-refractivity contribution in [3.05, 3.63) is 65.2 Å². The summed E-state index contributed by atoms with van der Waals surface area (Å²) in [6, 6.07) is 17.1. The third kappa shape index (κ3) is 3.60. The summed E-state index contributed by atoms with van der Waals surface area (Å²) in [4.78, 5) is 1.28. The van der Waals surface area contributed by atoms with Gasteiger partial charge >= 0.3 is 0 Å². The summed E-state index contributed by atoms with van der Waals surface area (Å²) >= 11 is 1.76. The van der Waals surface area contributed by atoms with Crippen LogP contribution >= 0.6 is 11.8 Å². The van der Waals surface area contributed by atoms with Crippen molar-refractivity contribution < 1.29 is 0 Å². The van der Waals surface area contributed by atoms with Crippen LogP contribution < -0.4 is 11.3 Å². The Balaban J connectivity index is 2.25. The van der Waals surface area contributed by atoms with E-state index in [4.69, 9.17) is 5.84 Å². The van der Waals surface area contributed by atoms with Crippen LogP contribution in [0.15, 0.2) is 53.4 Å². The molecule has 0 bridgehead atoms. The van der Waals surface area contributed by atoms with Gasteiger partial charge in [-0.1, -0.05) is 48.0 Å². The molecule has 2 nitrogen and oxygen atoms in total. The summed E-state index contributed by atoms with van der Waals surface area (Å²) in [6.45, 7) is 2.12. The molecule has 0 fully saturated rings. The van der Waals surface area contributed by atoms with E-state index in [9.17, 15) is 0 Å². The first kappa shape index (κ1) is 14.1. The molecule has 0 amide bonds. The van der Waals surface area contributed by atoms with E-state index in [-0.39, 0.29) is 6.04 Å². The second-order valence-corrected chi connectivity index (χ2v) is 5.50. The maximum atomic E-state index is 5.76. The summed E-state index contributed by atoms with van der Waals surface area (Å²) in [6.07, 6.45) is 2.99. The highest BCUT2D eigenvalue weighted by molar-refractivity contribution is 7.98. The van der Waals surface area contributed by atoms with E-state index in [1.807, 2.05) is 0 Å². The Morgan fingerprint density at radius 2 is 1.95 bits per heavy atom. The number of benzene rings is 2. The first-order valence-electron chi connectivity index (χ1n) is 6.39. The highest BCUT2D eigenvalue weighted by Gasteiger charge is 2.13. The number of hydrazine groups is 1. The van der Waals surface area contributed by atoms with Crippen LogP contribution in [-0.4, -0.2) is 6.26 Å². The lowest BCUT2D eigenvalue weighted by molar-refractivity contribution is 0.544. The fourth-order valence-corrected chi connectivity index (χ4v) is 2.95. The molecule has 0 aliphatic rings. The van der Waals surface area contributed by atoms with Crippen LogP contribution in [0.1, 0.15) is 22.7 Å². The van der Waals surface area contributed by atoms with Crippen LogP contribution in [0.4, 0.5) is 0 Å². The van der Waals surface area contributed by atoms with Gasteiger partial charge in [0.2, 0.25) is 0 Å². The van der Waals surface area contributed by atoms with Crippen molar-refractivity contribution in [2.75, 3.05) is 6.26 Å². The van der Waals surface area contributed by atoms with Crippen molar-refractivity contribution in [1.82, 2.24) is 5.43 Å². The standard InChI is InChI=1S/C16H20N2S/c1-12-6-5-7-13(10-12)11-15(18-17)14-8-3-4-9-16(14)19-2/h3-10,15,18H,11,17H2,1-2H3. The van der Waals surface area contributed by atoms with Gasteiger partial charge in [0.1, 0.15) is 0 Å². The predicted molar refractivity (Wildman–Crippen MR) is 83.2 cm³/mol. The molecule has 2 rings (SSSR count). The third-order valence-corrected chi connectivity index (χ3v) is 4.05. The molecule has 100 valence electrons. The number of aryl methyl sites for hydroxylation is 1. The molecule has 1 atom stereocenters. The first-order chi connectivity index (χ1) is 9.24. The normalized spacial score (nSPS) is 12.4. The van der Waals surface area contributed by atoms with Crippen LogP contribution in [0.2, 0.25) is 0 Å². The van der Waals surface area contributed by atoms with E-state index in [1.54, 1.807) is 11.8 Å². The average Bonchev–Trinajstić information content (AvgIpc) is 2.45. The van der Waals surface area contributed by atoms with Crippen molar-refractivity contribution >= 4 is 11.8 Å². The van der Waals surface area contributed by atoms with Crippen molar-refractivity contribution in [1.29, 1.82) is 0 Å². The van der Waals surface area contributed by atoms with Gasteiger partial charge in [-0.05, 0) is 36.8 Å². The number of rotatable bonds is 5. The van der Waals surface area contributed by atoms with Gasteiger partial charge in [-0.2, -0.15) is 0 Å². The van der Waals surface area contributed by atoms with E-state index in [0.29, 0.717) is 0 Å². The zero-order valence-electron chi connectivity index (χ0n) is 11.4. The second-order valence-electron chi connectivity index (χ2n) is 4.65. The van der Waals surface area contributed by atoms with Crippen LogP contribution in [0, 0.1) is 6.92 Å². The van der Waals surface area contributed by atoms with Crippen molar-refractivity contribution in [3.8, 4) is 0 Å². The summed E-state index contributed by atoms with van der Waals surface area (Å²) < 4.78 is 0. The van der Waals surface area contributed by atoms with Crippen LogP contribution in [-0.2, 0) is 6.42 Å². The van der Waals surface area contributed by atoms with Gasteiger partial charge in [0.15, 0.2) is 0 Å². The predicted octanol–water partition coefficient (Wildman–Crippen LogP) is 3.46. The Bertz CT molecular complexity index is 540. The zero-order chi connectivity index (χ0) is 13.7. The quantitative estimate of drug-likeness (QED) is 0.497. The molecular formula is C16H20N2S. The van der Waals surface area contributed by atoms with Gasteiger partial charge in [-0.3, -0.25) is 11.3 Å². The second kappa shape index (κ2) is 6.75. The number of hydrogen-bond donors (Lipinski definition) is 2. The molecule has 0 aromatic heterocycles. The molecule has 0 aliphatic carbocycles. The molecule has 0 spiro atoms. The molecular weight excluding hydrogens is 252 g/mol. The molecule has 0 heterocycles. The molecule has 3 N–H and O–H groups in total. The summed E-state index contributed by atoms with van der Waals surface area (Å²) in [5.74, 6) is 5.76. The lowest BCUT2D eigenvalue weighted by atomic mass is 9.98. The largest absolute Gasteiger partial charge is 0.271 e. The number of thioether (sulfide) groups is 1. The Hall–Kier alpha value is -1.29. The van der Waals surface area contributed by atoms with E-state index in [0.717, 1.165) is 6.42 Å². The molecule has 19 heavy (non-hydrogen) atoms. The molecule has 2 aromatic carbocycles. The van der Waals surface area contributed by atoms with E-state index >= 15 is 0 Å². The Labute approximate surface area is 119 Å². The number of nitrogens with one attached hydrogen (secondary N) is 1. The summed E-state index contributed by atoms with van der Waals surface area (Å²) in [7, 11) is 0. The van der Waals surface area contributed by atoms with Gasteiger partial charge in [0, 0.05) is 4.90 Å².